The van der Waals surface area contributed by atoms with Crippen LogP contribution in [0.2, 0.25) is 0 Å². The molecular weight excluding hydrogens is 196 g/mol. The Kier molecular flexibility index (Phi) is 3.21. The molecule has 14 heavy (non-hydrogen) atoms. The molecule has 0 spiro atoms. The van der Waals surface area contributed by atoms with Crippen LogP contribution in [0.4, 0.5) is 0 Å². The van der Waals surface area contributed by atoms with Crippen molar-refractivity contribution in [3.05, 3.63) is 21.9 Å². The van der Waals surface area contributed by atoms with E-state index in [1.165, 1.54) is 5.56 Å². The van der Waals surface area contributed by atoms with Gasteiger partial charge in [-0.3, -0.25) is 0 Å². The Morgan fingerprint density at radius 2 is 2.21 bits per heavy atom. The van der Waals surface area contributed by atoms with Gasteiger partial charge in [-0.15, -0.1) is 11.3 Å². The standard InChI is InChI=1S/C11H16O2S/c1-8-6-10(14-7-8)11(12)9-2-4-13-5-3-9/h6-7,9,11-12H,2-5H2,1H3. The molecule has 2 rings (SSSR count). The third-order valence-electron chi connectivity index (χ3n) is 2.75. The van der Waals surface area contributed by atoms with Gasteiger partial charge in [-0.05, 0) is 42.7 Å². The molecule has 78 valence electrons. The Morgan fingerprint density at radius 3 is 2.79 bits per heavy atom. The van der Waals surface area contributed by atoms with Crippen LogP contribution in [-0.2, 0) is 4.74 Å². The van der Waals surface area contributed by atoms with Gasteiger partial charge in [-0.25, -0.2) is 0 Å². The van der Waals surface area contributed by atoms with Gasteiger partial charge in [0, 0.05) is 18.1 Å². The van der Waals surface area contributed by atoms with Crippen LogP contribution in [0.25, 0.3) is 0 Å². The molecule has 0 aliphatic carbocycles. The largest absolute Gasteiger partial charge is 0.387 e. The van der Waals surface area contributed by atoms with Crippen LogP contribution < -0.4 is 0 Å². The molecule has 2 heterocycles. The molecule has 1 saturated heterocycles. The molecule has 0 saturated carbocycles. The first kappa shape index (κ1) is 10.1. The van der Waals surface area contributed by atoms with Crippen LogP contribution in [0.1, 0.15) is 29.4 Å². The first-order valence-corrected chi connectivity index (χ1v) is 5.96. The van der Waals surface area contributed by atoms with Crippen LogP contribution in [-0.4, -0.2) is 18.3 Å². The normalized spacial score (nSPS) is 21.0. The van der Waals surface area contributed by atoms with Crippen LogP contribution >= 0.6 is 11.3 Å². The summed E-state index contributed by atoms with van der Waals surface area (Å²) in [6.07, 6.45) is 1.69. The molecule has 1 aromatic heterocycles. The van der Waals surface area contributed by atoms with E-state index in [0.29, 0.717) is 5.92 Å². The Labute approximate surface area is 88.5 Å². The second kappa shape index (κ2) is 4.43. The van der Waals surface area contributed by atoms with E-state index < -0.39 is 0 Å². The molecule has 0 bridgehead atoms. The van der Waals surface area contributed by atoms with Crippen molar-refractivity contribution in [2.75, 3.05) is 13.2 Å². The Morgan fingerprint density at radius 1 is 1.50 bits per heavy atom. The smallest absolute Gasteiger partial charge is 0.0911 e. The van der Waals surface area contributed by atoms with Crippen LogP contribution in [0, 0.1) is 12.8 Å². The fraction of sp³-hybridized carbons (Fsp3) is 0.636. The number of aliphatic hydroxyl groups is 1. The fourth-order valence-electron chi connectivity index (χ4n) is 1.87. The van der Waals surface area contributed by atoms with E-state index in [-0.39, 0.29) is 6.10 Å². The second-order valence-electron chi connectivity index (χ2n) is 3.92. The van der Waals surface area contributed by atoms with E-state index in [9.17, 15) is 5.11 Å². The van der Waals surface area contributed by atoms with Crippen LogP contribution in [0.3, 0.4) is 0 Å². The lowest BCUT2D eigenvalue weighted by atomic mass is 9.93. The molecule has 1 aliphatic heterocycles. The fourth-order valence-corrected chi connectivity index (χ4v) is 2.85. The highest BCUT2D eigenvalue weighted by Crippen LogP contribution is 2.33. The summed E-state index contributed by atoms with van der Waals surface area (Å²) < 4.78 is 5.28. The van der Waals surface area contributed by atoms with Gasteiger partial charge in [-0.2, -0.15) is 0 Å². The van der Waals surface area contributed by atoms with E-state index in [4.69, 9.17) is 4.74 Å². The van der Waals surface area contributed by atoms with E-state index in [1.54, 1.807) is 11.3 Å². The van der Waals surface area contributed by atoms with Gasteiger partial charge in [0.15, 0.2) is 0 Å². The molecule has 1 fully saturated rings. The highest BCUT2D eigenvalue weighted by molar-refractivity contribution is 7.10. The summed E-state index contributed by atoms with van der Waals surface area (Å²) in [5.41, 5.74) is 1.25. The molecule has 1 unspecified atom stereocenters. The average molecular weight is 212 g/mol. The minimum Gasteiger partial charge on any atom is -0.387 e. The Balaban J connectivity index is 2.03. The van der Waals surface area contributed by atoms with Crippen LogP contribution in [0.5, 0.6) is 0 Å². The van der Waals surface area contributed by atoms with Gasteiger partial charge in [0.2, 0.25) is 0 Å². The maximum absolute atomic E-state index is 10.1. The molecule has 0 amide bonds. The van der Waals surface area contributed by atoms with Gasteiger partial charge in [0.25, 0.3) is 0 Å². The zero-order valence-electron chi connectivity index (χ0n) is 8.40. The summed E-state index contributed by atoms with van der Waals surface area (Å²) >= 11 is 1.66. The van der Waals surface area contributed by atoms with Crippen molar-refractivity contribution in [3.8, 4) is 0 Å². The molecule has 1 N–H and O–H groups in total. The van der Waals surface area contributed by atoms with Crippen molar-refractivity contribution in [3.63, 3.8) is 0 Å². The Hall–Kier alpha value is -0.380. The second-order valence-corrected chi connectivity index (χ2v) is 4.86. The van der Waals surface area contributed by atoms with Crippen molar-refractivity contribution in [2.24, 2.45) is 5.92 Å². The van der Waals surface area contributed by atoms with Gasteiger partial charge in [0.1, 0.15) is 0 Å². The van der Waals surface area contributed by atoms with Crippen molar-refractivity contribution in [2.45, 2.75) is 25.9 Å². The van der Waals surface area contributed by atoms with Crippen LogP contribution in [0.15, 0.2) is 11.4 Å². The molecular formula is C11H16O2S. The predicted molar refractivity (Wildman–Crippen MR) is 57.6 cm³/mol. The topological polar surface area (TPSA) is 29.5 Å². The molecule has 1 aliphatic rings. The van der Waals surface area contributed by atoms with Crippen molar-refractivity contribution in [1.29, 1.82) is 0 Å². The number of aliphatic hydroxyl groups excluding tert-OH is 1. The first-order valence-electron chi connectivity index (χ1n) is 5.08. The van der Waals surface area contributed by atoms with Gasteiger partial charge >= 0.3 is 0 Å². The Bertz CT molecular complexity index is 289. The summed E-state index contributed by atoms with van der Waals surface area (Å²) in [5.74, 6) is 0.391. The number of rotatable bonds is 2. The van der Waals surface area contributed by atoms with E-state index in [2.05, 4.69) is 18.4 Å². The zero-order valence-corrected chi connectivity index (χ0v) is 9.22. The summed E-state index contributed by atoms with van der Waals surface area (Å²) in [5, 5.41) is 12.2. The van der Waals surface area contributed by atoms with Gasteiger partial charge in [0.05, 0.1) is 6.10 Å². The molecule has 1 atom stereocenters. The van der Waals surface area contributed by atoms with E-state index in [1.807, 2.05) is 0 Å². The molecule has 0 radical (unpaired) electrons. The van der Waals surface area contributed by atoms with Crippen molar-refractivity contribution < 1.29 is 9.84 Å². The SMILES string of the molecule is Cc1csc(C(O)C2CCOCC2)c1. The van der Waals surface area contributed by atoms with Gasteiger partial charge < -0.3 is 9.84 Å². The third kappa shape index (κ3) is 2.16. The summed E-state index contributed by atoms with van der Waals surface area (Å²) in [6.45, 7) is 3.66. The van der Waals surface area contributed by atoms with Crippen molar-refractivity contribution >= 4 is 11.3 Å². The number of hydrogen-bond acceptors (Lipinski definition) is 3. The minimum atomic E-state index is -0.280. The highest BCUT2D eigenvalue weighted by atomic mass is 32.1. The monoisotopic (exact) mass is 212 g/mol. The highest BCUT2D eigenvalue weighted by Gasteiger charge is 2.24. The number of ether oxygens (including phenoxy) is 1. The summed E-state index contributed by atoms with van der Waals surface area (Å²) in [6, 6.07) is 2.09. The third-order valence-corrected chi connectivity index (χ3v) is 3.88. The molecule has 3 heteroatoms. The lowest BCUT2D eigenvalue weighted by Gasteiger charge is -2.25. The quantitative estimate of drug-likeness (QED) is 0.816. The summed E-state index contributed by atoms with van der Waals surface area (Å²) in [7, 11) is 0. The average Bonchev–Trinajstić information content (AvgIpc) is 2.65. The van der Waals surface area contributed by atoms with Gasteiger partial charge in [-0.1, -0.05) is 0 Å². The number of aryl methyl sites for hydroxylation is 1. The van der Waals surface area contributed by atoms with E-state index >= 15 is 0 Å². The number of hydrogen-bond donors (Lipinski definition) is 1. The molecule has 2 nitrogen and oxygen atoms in total. The number of thiophene rings is 1. The minimum absolute atomic E-state index is 0.280. The van der Waals surface area contributed by atoms with E-state index in [0.717, 1.165) is 30.9 Å². The van der Waals surface area contributed by atoms with Crippen molar-refractivity contribution in [1.82, 2.24) is 0 Å². The first-order chi connectivity index (χ1) is 6.77. The molecule has 0 aromatic carbocycles. The molecule has 1 aromatic rings. The lowest BCUT2D eigenvalue weighted by molar-refractivity contribution is 0.00853. The maximum Gasteiger partial charge on any atom is 0.0911 e. The predicted octanol–water partition coefficient (Wildman–Crippen LogP) is 2.52. The summed E-state index contributed by atoms with van der Waals surface area (Å²) in [4.78, 5) is 1.11. The lowest BCUT2D eigenvalue weighted by Crippen LogP contribution is -2.21. The maximum atomic E-state index is 10.1. The zero-order chi connectivity index (χ0) is 9.97.